The number of carbonyl (C=O) groups excluding carboxylic acids is 2. The molecular weight excluding hydrogens is 297 g/mol. The largest absolute Gasteiger partial charge is 0.494 e. The lowest BCUT2D eigenvalue weighted by molar-refractivity contribution is -0.116. The summed E-state index contributed by atoms with van der Waals surface area (Å²) in [5, 5.41) is 2.52. The van der Waals surface area contributed by atoms with Crippen LogP contribution in [0.5, 0.6) is 5.75 Å². The molecule has 2 aromatic carbocycles. The highest BCUT2D eigenvalue weighted by Crippen LogP contribution is 2.14. The summed E-state index contributed by atoms with van der Waals surface area (Å²) in [4.78, 5) is 22.9. The molecule has 23 heavy (non-hydrogen) atoms. The van der Waals surface area contributed by atoms with Gasteiger partial charge in [-0.1, -0.05) is 12.1 Å². The van der Waals surface area contributed by atoms with Gasteiger partial charge in [0.15, 0.2) is 5.78 Å². The number of rotatable bonds is 7. The molecule has 1 N–H and O–H groups in total. The first-order valence-corrected chi connectivity index (χ1v) is 7.34. The molecule has 0 atom stereocenters. The van der Waals surface area contributed by atoms with E-state index in [2.05, 4.69) is 5.32 Å². The summed E-state index contributed by atoms with van der Waals surface area (Å²) < 4.78 is 18.9. The Morgan fingerprint density at radius 3 is 2.43 bits per heavy atom. The maximum Gasteiger partial charge on any atom is 0.224 e. The molecule has 0 aliphatic rings. The molecular formula is C18H18FNO3. The lowest BCUT2D eigenvalue weighted by atomic mass is 10.1. The van der Waals surface area contributed by atoms with Gasteiger partial charge in [-0.2, -0.15) is 0 Å². The number of ketones is 1. The van der Waals surface area contributed by atoms with E-state index in [1.807, 2.05) is 0 Å². The van der Waals surface area contributed by atoms with E-state index in [1.54, 1.807) is 36.4 Å². The van der Waals surface area contributed by atoms with E-state index in [0.29, 0.717) is 24.3 Å². The SMILES string of the molecule is CC(=O)c1ccc(OCCCC(=O)Nc2ccccc2F)cc1. The predicted molar refractivity (Wildman–Crippen MR) is 86.2 cm³/mol. The third-order valence-electron chi connectivity index (χ3n) is 3.23. The van der Waals surface area contributed by atoms with Crippen LogP contribution in [-0.2, 0) is 4.79 Å². The standard InChI is InChI=1S/C18H18FNO3/c1-13(21)14-8-10-15(11-9-14)23-12-4-7-18(22)20-17-6-3-2-5-16(17)19/h2-3,5-6,8-11H,4,7,12H2,1H3,(H,20,22). The molecule has 0 bridgehead atoms. The highest BCUT2D eigenvalue weighted by Gasteiger charge is 2.06. The van der Waals surface area contributed by atoms with Gasteiger partial charge in [-0.15, -0.1) is 0 Å². The van der Waals surface area contributed by atoms with Crippen molar-refractivity contribution in [3.63, 3.8) is 0 Å². The van der Waals surface area contributed by atoms with Crippen molar-refractivity contribution in [2.24, 2.45) is 0 Å². The van der Waals surface area contributed by atoms with Gasteiger partial charge in [-0.25, -0.2) is 4.39 Å². The smallest absolute Gasteiger partial charge is 0.224 e. The van der Waals surface area contributed by atoms with E-state index in [-0.39, 0.29) is 23.8 Å². The minimum Gasteiger partial charge on any atom is -0.494 e. The molecule has 0 aliphatic heterocycles. The Hall–Kier alpha value is -2.69. The van der Waals surface area contributed by atoms with Crippen LogP contribution in [0.2, 0.25) is 0 Å². The van der Waals surface area contributed by atoms with Gasteiger partial charge < -0.3 is 10.1 Å². The van der Waals surface area contributed by atoms with Gasteiger partial charge in [-0.05, 0) is 49.7 Å². The van der Waals surface area contributed by atoms with E-state index < -0.39 is 5.82 Å². The van der Waals surface area contributed by atoms with Crippen molar-refractivity contribution < 1.29 is 18.7 Å². The number of ether oxygens (including phenoxy) is 1. The molecule has 5 heteroatoms. The molecule has 0 saturated heterocycles. The summed E-state index contributed by atoms with van der Waals surface area (Å²) in [7, 11) is 0. The van der Waals surface area contributed by atoms with Crippen LogP contribution in [0, 0.1) is 5.82 Å². The Labute approximate surface area is 134 Å². The van der Waals surface area contributed by atoms with Crippen LogP contribution < -0.4 is 10.1 Å². The van der Waals surface area contributed by atoms with Gasteiger partial charge >= 0.3 is 0 Å². The maximum absolute atomic E-state index is 13.4. The summed E-state index contributed by atoms with van der Waals surface area (Å²) in [6.45, 7) is 1.87. The van der Waals surface area contributed by atoms with Crippen LogP contribution in [0.1, 0.15) is 30.1 Å². The Balaban J connectivity index is 1.71. The number of benzene rings is 2. The van der Waals surface area contributed by atoms with Crippen molar-refractivity contribution in [1.82, 2.24) is 0 Å². The molecule has 0 saturated carbocycles. The van der Waals surface area contributed by atoms with E-state index in [0.717, 1.165) is 0 Å². The number of amides is 1. The number of carbonyl (C=O) groups is 2. The lowest BCUT2D eigenvalue weighted by Gasteiger charge is -2.08. The second-order valence-corrected chi connectivity index (χ2v) is 5.06. The molecule has 0 aromatic heterocycles. The zero-order valence-corrected chi connectivity index (χ0v) is 12.8. The van der Waals surface area contributed by atoms with Gasteiger partial charge in [0, 0.05) is 12.0 Å². The van der Waals surface area contributed by atoms with Crippen molar-refractivity contribution in [3.8, 4) is 5.75 Å². The quantitative estimate of drug-likeness (QED) is 0.624. The topological polar surface area (TPSA) is 55.4 Å². The average molecular weight is 315 g/mol. The molecule has 120 valence electrons. The molecule has 0 aliphatic carbocycles. The minimum atomic E-state index is -0.456. The molecule has 0 radical (unpaired) electrons. The molecule has 2 rings (SSSR count). The molecule has 0 heterocycles. The fourth-order valence-corrected chi connectivity index (χ4v) is 1.98. The maximum atomic E-state index is 13.4. The number of anilines is 1. The van der Waals surface area contributed by atoms with Crippen LogP contribution in [0.25, 0.3) is 0 Å². The predicted octanol–water partition coefficient (Wildman–Crippen LogP) is 3.83. The van der Waals surface area contributed by atoms with E-state index in [9.17, 15) is 14.0 Å². The molecule has 1 amide bonds. The molecule has 0 spiro atoms. The number of nitrogens with one attached hydrogen (secondary N) is 1. The van der Waals surface area contributed by atoms with Gasteiger partial charge in [0.05, 0.1) is 12.3 Å². The second-order valence-electron chi connectivity index (χ2n) is 5.06. The normalized spacial score (nSPS) is 10.2. The third-order valence-corrected chi connectivity index (χ3v) is 3.23. The van der Waals surface area contributed by atoms with E-state index in [1.165, 1.54) is 19.1 Å². The monoisotopic (exact) mass is 315 g/mol. The van der Waals surface area contributed by atoms with Gasteiger partial charge in [-0.3, -0.25) is 9.59 Å². The molecule has 0 fully saturated rings. The van der Waals surface area contributed by atoms with Crippen molar-refractivity contribution in [1.29, 1.82) is 0 Å². The molecule has 2 aromatic rings. The number of hydrogen-bond donors (Lipinski definition) is 1. The highest BCUT2D eigenvalue weighted by molar-refractivity contribution is 5.94. The lowest BCUT2D eigenvalue weighted by Crippen LogP contribution is -2.13. The van der Waals surface area contributed by atoms with Crippen LogP contribution in [-0.4, -0.2) is 18.3 Å². The summed E-state index contributed by atoms with van der Waals surface area (Å²) in [6, 6.07) is 12.9. The highest BCUT2D eigenvalue weighted by atomic mass is 19.1. The zero-order chi connectivity index (χ0) is 16.7. The van der Waals surface area contributed by atoms with Crippen LogP contribution >= 0.6 is 0 Å². The van der Waals surface area contributed by atoms with Gasteiger partial charge in [0.1, 0.15) is 11.6 Å². The van der Waals surface area contributed by atoms with Crippen LogP contribution in [0.3, 0.4) is 0 Å². The number of para-hydroxylation sites is 1. The van der Waals surface area contributed by atoms with Gasteiger partial charge in [0.2, 0.25) is 5.91 Å². The summed E-state index contributed by atoms with van der Waals surface area (Å²) in [5.74, 6) is -0.0702. The Morgan fingerprint density at radius 1 is 1.09 bits per heavy atom. The second kappa shape index (κ2) is 8.08. The number of halogens is 1. The summed E-state index contributed by atoms with van der Waals surface area (Å²) >= 11 is 0. The number of Topliss-reactive ketones (excluding diaryl/α,β-unsaturated/α-hetero) is 1. The van der Waals surface area contributed by atoms with Crippen molar-refractivity contribution >= 4 is 17.4 Å². The van der Waals surface area contributed by atoms with Crippen LogP contribution in [0.4, 0.5) is 10.1 Å². The molecule has 0 unspecified atom stereocenters. The fraction of sp³-hybridized carbons (Fsp3) is 0.222. The number of hydrogen-bond acceptors (Lipinski definition) is 3. The van der Waals surface area contributed by atoms with Crippen molar-refractivity contribution in [2.75, 3.05) is 11.9 Å². The van der Waals surface area contributed by atoms with Gasteiger partial charge in [0.25, 0.3) is 0 Å². The fourth-order valence-electron chi connectivity index (χ4n) is 1.98. The molecule has 4 nitrogen and oxygen atoms in total. The van der Waals surface area contributed by atoms with Crippen LogP contribution in [0.15, 0.2) is 48.5 Å². The van der Waals surface area contributed by atoms with E-state index in [4.69, 9.17) is 4.74 Å². The van der Waals surface area contributed by atoms with E-state index >= 15 is 0 Å². The Kier molecular flexibility index (Phi) is 5.86. The third kappa shape index (κ3) is 5.21. The summed E-state index contributed by atoms with van der Waals surface area (Å²) in [5.41, 5.74) is 0.805. The summed E-state index contributed by atoms with van der Waals surface area (Å²) in [6.07, 6.45) is 0.745. The Morgan fingerprint density at radius 2 is 1.78 bits per heavy atom. The minimum absolute atomic E-state index is 0.00126. The first-order valence-electron chi connectivity index (χ1n) is 7.34. The Bertz CT molecular complexity index is 683. The first kappa shape index (κ1) is 16.7. The average Bonchev–Trinajstić information content (AvgIpc) is 2.54. The zero-order valence-electron chi connectivity index (χ0n) is 12.8. The van der Waals surface area contributed by atoms with Crippen molar-refractivity contribution in [3.05, 3.63) is 59.9 Å². The van der Waals surface area contributed by atoms with Crippen molar-refractivity contribution in [2.45, 2.75) is 19.8 Å². The first-order chi connectivity index (χ1) is 11.1.